The number of nitrogens with one attached hydrogen (secondary N) is 1. The van der Waals surface area contributed by atoms with Crippen molar-refractivity contribution in [3.63, 3.8) is 0 Å². The van der Waals surface area contributed by atoms with Crippen molar-refractivity contribution in [1.29, 1.82) is 0 Å². The molecule has 0 spiro atoms. The molecule has 12 heteroatoms. The highest BCUT2D eigenvalue weighted by Gasteiger charge is 2.52. The van der Waals surface area contributed by atoms with Crippen LogP contribution in [-0.2, 0) is 21.2 Å². The first-order valence-electron chi connectivity index (χ1n) is 14.9. The van der Waals surface area contributed by atoms with Crippen LogP contribution < -0.4 is 10.5 Å². The van der Waals surface area contributed by atoms with Crippen molar-refractivity contribution in [2.45, 2.75) is 50.0 Å². The molecule has 6 rings (SSSR count). The molecule has 236 valence electrons. The Morgan fingerprint density at radius 3 is 2.51 bits per heavy atom. The normalized spacial score (nSPS) is 20.8. The van der Waals surface area contributed by atoms with Gasteiger partial charge >= 0.3 is 6.03 Å². The molecule has 3 amide bonds. The number of H-pyrrole nitrogens is 1. The Hall–Kier alpha value is -3.93. The summed E-state index contributed by atoms with van der Waals surface area (Å²) in [5.41, 5.74) is 8.57. The van der Waals surface area contributed by atoms with E-state index in [0.717, 1.165) is 63.0 Å². The van der Waals surface area contributed by atoms with Crippen molar-refractivity contribution >= 4 is 44.5 Å². The Morgan fingerprint density at radius 1 is 1.04 bits per heavy atom. The summed E-state index contributed by atoms with van der Waals surface area (Å²) in [5.74, 6) is -0.219. The van der Waals surface area contributed by atoms with E-state index in [1.165, 1.54) is 36.4 Å². The predicted molar refractivity (Wildman–Crippen MR) is 169 cm³/mol. The number of benzene rings is 3. The molecule has 0 bridgehead atoms. The first kappa shape index (κ1) is 31.1. The van der Waals surface area contributed by atoms with Gasteiger partial charge in [0, 0.05) is 36.1 Å². The lowest BCUT2D eigenvalue weighted by molar-refractivity contribution is -0.128. The van der Waals surface area contributed by atoms with E-state index in [9.17, 15) is 22.4 Å². The van der Waals surface area contributed by atoms with Gasteiger partial charge in [0.05, 0.1) is 9.92 Å². The number of amides is 3. The average Bonchev–Trinajstić information content (AvgIpc) is 3.54. The first-order valence-corrected chi connectivity index (χ1v) is 16.8. The lowest BCUT2D eigenvalue weighted by Gasteiger charge is -2.30. The third-order valence-corrected chi connectivity index (χ3v) is 10.9. The molecule has 1 saturated carbocycles. The van der Waals surface area contributed by atoms with Crippen molar-refractivity contribution < 1.29 is 27.1 Å². The van der Waals surface area contributed by atoms with Crippen LogP contribution in [0.25, 0.3) is 10.9 Å². The fourth-order valence-electron chi connectivity index (χ4n) is 6.49. The van der Waals surface area contributed by atoms with Gasteiger partial charge in [-0.2, -0.15) is 0 Å². The lowest BCUT2D eigenvalue weighted by atomic mass is 9.81. The second-order valence-corrected chi connectivity index (χ2v) is 14.1. The lowest BCUT2D eigenvalue weighted by Crippen LogP contribution is -2.41. The van der Waals surface area contributed by atoms with E-state index >= 15 is 0 Å². The van der Waals surface area contributed by atoms with E-state index in [1.54, 1.807) is 6.20 Å². The summed E-state index contributed by atoms with van der Waals surface area (Å²) in [6.45, 7) is 2.65. The molecule has 3 aromatic carbocycles. The summed E-state index contributed by atoms with van der Waals surface area (Å²) < 4.78 is 48.3. The number of hydrogen-bond donors (Lipinski definition) is 2. The van der Waals surface area contributed by atoms with Gasteiger partial charge in [0.2, 0.25) is 0 Å². The van der Waals surface area contributed by atoms with Crippen LogP contribution in [0.4, 0.5) is 9.18 Å². The van der Waals surface area contributed by atoms with Gasteiger partial charge in [-0.15, -0.1) is 0 Å². The highest BCUT2D eigenvalue weighted by atomic mass is 35.5. The van der Waals surface area contributed by atoms with Crippen LogP contribution in [0.15, 0.2) is 71.8 Å². The maximum Gasteiger partial charge on any atom is 0.341 e. The number of rotatable bonds is 9. The standard InChI is InChI=1S/C33H34ClFN4O5S/c1-20-4-2-7-27-23(18-37-31(20)27)15-30-32(40)38(19-22-6-3-5-21(14-22)17-36)33(41)39(30)45(42,43)26-11-8-24(9-12-26)44-25-10-13-29(35)28(34)16-25/h2,4,7-13,16,18,21-22,30,37H,3,5-6,14-15,17,19,36H2,1H3. The smallest absolute Gasteiger partial charge is 0.341 e. The minimum atomic E-state index is -4.46. The maximum absolute atomic E-state index is 14.1. The Labute approximate surface area is 266 Å². The molecule has 1 saturated heterocycles. The largest absolute Gasteiger partial charge is 0.457 e. The van der Waals surface area contributed by atoms with Gasteiger partial charge in [0.15, 0.2) is 0 Å². The van der Waals surface area contributed by atoms with Gasteiger partial charge in [-0.05, 0) is 92.1 Å². The number of nitrogens with two attached hydrogens (primary N) is 1. The van der Waals surface area contributed by atoms with Gasteiger partial charge in [0.25, 0.3) is 15.9 Å². The summed E-state index contributed by atoms with van der Waals surface area (Å²) in [6, 6.07) is 13.0. The molecule has 2 fully saturated rings. The van der Waals surface area contributed by atoms with Gasteiger partial charge in [-0.3, -0.25) is 9.69 Å². The summed E-state index contributed by atoms with van der Waals surface area (Å²) in [7, 11) is -4.46. The molecule has 3 N–H and O–H groups in total. The molecule has 0 radical (unpaired) electrons. The molecule has 3 atom stereocenters. The molecular formula is C33H34ClFN4O5S. The van der Waals surface area contributed by atoms with Crippen molar-refractivity contribution in [3.8, 4) is 11.5 Å². The molecule has 4 aromatic rings. The van der Waals surface area contributed by atoms with Crippen LogP contribution in [0.1, 0.15) is 36.8 Å². The zero-order chi connectivity index (χ0) is 31.9. The summed E-state index contributed by atoms with van der Waals surface area (Å²) >= 11 is 5.84. The number of aromatic nitrogens is 1. The van der Waals surface area contributed by atoms with Crippen LogP contribution in [0, 0.1) is 24.6 Å². The zero-order valence-electron chi connectivity index (χ0n) is 24.7. The topological polar surface area (TPSA) is 126 Å². The molecule has 45 heavy (non-hydrogen) atoms. The number of aryl methyl sites for hydroxylation is 1. The minimum Gasteiger partial charge on any atom is -0.457 e. The second-order valence-electron chi connectivity index (χ2n) is 11.8. The van der Waals surface area contributed by atoms with E-state index in [2.05, 4.69) is 4.98 Å². The van der Waals surface area contributed by atoms with E-state index in [0.29, 0.717) is 12.5 Å². The van der Waals surface area contributed by atoms with Crippen molar-refractivity contribution in [2.24, 2.45) is 17.6 Å². The Balaban J connectivity index is 1.31. The Kier molecular flexibility index (Phi) is 8.60. The molecule has 2 heterocycles. The molecule has 9 nitrogen and oxygen atoms in total. The number of sulfonamides is 1. The predicted octanol–water partition coefficient (Wildman–Crippen LogP) is 6.39. The SMILES string of the molecule is Cc1cccc2c(CC3C(=O)N(CC4CCCC(CN)C4)C(=O)N3S(=O)(=O)c3ccc(Oc4ccc(F)c(Cl)c4)cc3)c[nH]c12. The molecule has 1 aliphatic heterocycles. The number of carbonyl (C=O) groups excluding carboxylic acids is 2. The molecular weight excluding hydrogens is 619 g/mol. The highest BCUT2D eigenvalue weighted by Crippen LogP contribution is 2.35. The number of carbonyl (C=O) groups is 2. The van der Waals surface area contributed by atoms with E-state index in [1.807, 2.05) is 25.1 Å². The summed E-state index contributed by atoms with van der Waals surface area (Å²) in [6.07, 6.45) is 5.37. The van der Waals surface area contributed by atoms with Gasteiger partial charge < -0.3 is 15.5 Å². The second kappa shape index (κ2) is 12.5. The van der Waals surface area contributed by atoms with Gasteiger partial charge in [-0.1, -0.05) is 36.2 Å². The van der Waals surface area contributed by atoms with Crippen LogP contribution >= 0.6 is 11.6 Å². The van der Waals surface area contributed by atoms with Crippen LogP contribution in [0.5, 0.6) is 11.5 Å². The first-order chi connectivity index (χ1) is 21.6. The van der Waals surface area contributed by atoms with Crippen molar-refractivity contribution in [3.05, 3.63) is 88.8 Å². The van der Waals surface area contributed by atoms with Crippen LogP contribution in [0.3, 0.4) is 0 Å². The monoisotopic (exact) mass is 652 g/mol. The molecule has 1 aromatic heterocycles. The molecule has 1 aliphatic carbocycles. The van der Waals surface area contributed by atoms with E-state index < -0.39 is 33.8 Å². The van der Waals surface area contributed by atoms with Gasteiger partial charge in [-0.25, -0.2) is 21.9 Å². The zero-order valence-corrected chi connectivity index (χ0v) is 26.3. The maximum atomic E-state index is 14.1. The number of fused-ring (bicyclic) bond motifs is 1. The Bertz CT molecular complexity index is 1860. The summed E-state index contributed by atoms with van der Waals surface area (Å²) in [4.78, 5) is 32.1. The van der Waals surface area contributed by atoms with E-state index in [-0.39, 0.29) is 40.3 Å². The highest BCUT2D eigenvalue weighted by molar-refractivity contribution is 7.89. The van der Waals surface area contributed by atoms with Crippen LogP contribution in [0.2, 0.25) is 5.02 Å². The number of hydrogen-bond acceptors (Lipinski definition) is 6. The number of urea groups is 1. The number of halogens is 2. The van der Waals surface area contributed by atoms with Crippen molar-refractivity contribution in [2.75, 3.05) is 13.1 Å². The minimum absolute atomic E-state index is 0.0202. The number of nitrogens with zero attached hydrogens (tertiary/aromatic N) is 2. The summed E-state index contributed by atoms with van der Waals surface area (Å²) in [5, 5.41) is 0.753. The fourth-order valence-corrected chi connectivity index (χ4v) is 8.17. The number of imide groups is 1. The quantitative estimate of drug-likeness (QED) is 0.202. The third-order valence-electron chi connectivity index (χ3n) is 8.85. The molecule has 2 aliphatic rings. The van der Waals surface area contributed by atoms with Crippen molar-refractivity contribution in [1.82, 2.24) is 14.2 Å². The number of para-hydroxylation sites is 1. The Morgan fingerprint density at radius 2 is 1.78 bits per heavy atom. The van der Waals surface area contributed by atoms with E-state index in [4.69, 9.17) is 22.1 Å². The number of aromatic amines is 1. The average molecular weight is 653 g/mol. The number of ether oxygens (including phenoxy) is 1. The third kappa shape index (κ3) is 6.04. The van der Waals surface area contributed by atoms with Crippen LogP contribution in [-0.4, -0.2) is 53.7 Å². The van der Waals surface area contributed by atoms with Gasteiger partial charge in [0.1, 0.15) is 23.4 Å². The fraction of sp³-hybridized carbons (Fsp3) is 0.333. The molecule has 3 unspecified atom stereocenters.